The van der Waals surface area contributed by atoms with E-state index >= 15 is 0 Å². The summed E-state index contributed by atoms with van der Waals surface area (Å²) >= 11 is 11.7. The van der Waals surface area contributed by atoms with Crippen LogP contribution in [0.2, 0.25) is 10.2 Å². The van der Waals surface area contributed by atoms with Gasteiger partial charge in [-0.2, -0.15) is 0 Å². The van der Waals surface area contributed by atoms with Gasteiger partial charge in [-0.25, -0.2) is 0 Å². The third-order valence-corrected chi connectivity index (χ3v) is 3.57. The summed E-state index contributed by atoms with van der Waals surface area (Å²) in [5.74, 6) is 0.0778. The summed E-state index contributed by atoms with van der Waals surface area (Å²) in [4.78, 5) is 12.1. The zero-order chi connectivity index (χ0) is 14.0. The maximum Gasteiger partial charge on any atom is 0.268 e. The quantitative estimate of drug-likeness (QED) is 0.911. The highest BCUT2D eigenvalue weighted by Crippen LogP contribution is 2.25. The van der Waals surface area contributed by atoms with Crippen molar-refractivity contribution in [2.24, 2.45) is 7.05 Å². The normalized spacial score (nSPS) is 12.4. The van der Waals surface area contributed by atoms with Crippen molar-refractivity contribution in [3.63, 3.8) is 0 Å². The van der Waals surface area contributed by atoms with E-state index in [-0.39, 0.29) is 11.8 Å². The molecule has 1 amide bonds. The molecule has 2 rings (SSSR count). The number of carbonyl (C=O) groups is 1. The molecule has 0 aliphatic heterocycles. The minimum atomic E-state index is -0.616. The van der Waals surface area contributed by atoms with Crippen LogP contribution in [0.15, 0.2) is 28.9 Å². The molecule has 102 valence electrons. The summed E-state index contributed by atoms with van der Waals surface area (Å²) in [5.41, 5.74) is 0.306. The molecule has 0 aromatic carbocycles. The third kappa shape index (κ3) is 2.78. The Morgan fingerprint density at radius 3 is 2.79 bits per heavy atom. The number of carbonyl (C=O) groups excluding carboxylic acids is 1. The van der Waals surface area contributed by atoms with E-state index in [1.165, 1.54) is 16.9 Å². The third-order valence-electron chi connectivity index (χ3n) is 2.72. The SMILES string of the molecule is Cn1c(C(=O)NC(CO)c2ccco2)cc(Cl)c1Cl. The van der Waals surface area contributed by atoms with Crippen molar-refractivity contribution in [1.82, 2.24) is 9.88 Å². The lowest BCUT2D eigenvalue weighted by atomic mass is 10.2. The zero-order valence-electron chi connectivity index (χ0n) is 10.1. The lowest BCUT2D eigenvalue weighted by molar-refractivity contribution is 0.0899. The first-order valence-corrected chi connectivity index (χ1v) is 6.26. The van der Waals surface area contributed by atoms with Gasteiger partial charge in [0.25, 0.3) is 5.91 Å². The van der Waals surface area contributed by atoms with Gasteiger partial charge in [-0.15, -0.1) is 0 Å². The predicted molar refractivity (Wildman–Crippen MR) is 71.4 cm³/mol. The number of hydrogen-bond acceptors (Lipinski definition) is 3. The number of nitrogens with one attached hydrogen (secondary N) is 1. The van der Waals surface area contributed by atoms with Crippen LogP contribution in [0, 0.1) is 0 Å². The fraction of sp³-hybridized carbons (Fsp3) is 0.250. The van der Waals surface area contributed by atoms with E-state index in [1.807, 2.05) is 0 Å². The van der Waals surface area contributed by atoms with Gasteiger partial charge in [0.05, 0.1) is 17.9 Å². The van der Waals surface area contributed by atoms with Gasteiger partial charge in [0.15, 0.2) is 0 Å². The van der Waals surface area contributed by atoms with Crippen LogP contribution in [0.4, 0.5) is 0 Å². The summed E-state index contributed by atoms with van der Waals surface area (Å²) in [6, 6.07) is 4.21. The van der Waals surface area contributed by atoms with E-state index in [0.29, 0.717) is 16.5 Å². The number of nitrogens with zero attached hydrogens (tertiary/aromatic N) is 1. The van der Waals surface area contributed by atoms with Gasteiger partial charge in [-0.05, 0) is 18.2 Å². The molecule has 0 aliphatic rings. The number of halogens is 2. The summed E-state index contributed by atoms with van der Waals surface area (Å²) in [7, 11) is 1.63. The second-order valence-corrected chi connectivity index (χ2v) is 4.72. The average Bonchev–Trinajstić information content (AvgIpc) is 3.00. The van der Waals surface area contributed by atoms with Crippen molar-refractivity contribution < 1.29 is 14.3 Å². The van der Waals surface area contributed by atoms with Gasteiger partial charge in [-0.3, -0.25) is 4.79 Å². The average molecular weight is 303 g/mol. The van der Waals surface area contributed by atoms with E-state index in [0.717, 1.165) is 0 Å². The van der Waals surface area contributed by atoms with Crippen LogP contribution in [0.3, 0.4) is 0 Å². The van der Waals surface area contributed by atoms with Crippen molar-refractivity contribution >= 4 is 29.1 Å². The first-order chi connectivity index (χ1) is 9.04. The van der Waals surface area contributed by atoms with Crippen LogP contribution < -0.4 is 5.32 Å². The molecule has 1 atom stereocenters. The van der Waals surface area contributed by atoms with Crippen LogP contribution in [0.25, 0.3) is 0 Å². The number of aromatic nitrogens is 1. The minimum Gasteiger partial charge on any atom is -0.467 e. The molecule has 0 aliphatic carbocycles. The number of aliphatic hydroxyl groups excluding tert-OH is 1. The summed E-state index contributed by atoms with van der Waals surface area (Å²) in [6.07, 6.45) is 1.47. The second kappa shape index (κ2) is 5.69. The first-order valence-electron chi connectivity index (χ1n) is 5.50. The summed E-state index contributed by atoms with van der Waals surface area (Å²) < 4.78 is 6.62. The van der Waals surface area contributed by atoms with Gasteiger partial charge in [0.2, 0.25) is 0 Å². The van der Waals surface area contributed by atoms with Gasteiger partial charge < -0.3 is 19.4 Å². The van der Waals surface area contributed by atoms with E-state index in [1.54, 1.807) is 19.2 Å². The molecule has 2 aromatic rings. The standard InChI is InChI=1S/C12H12Cl2N2O3/c1-16-9(5-7(13)11(16)14)12(18)15-8(6-17)10-3-2-4-19-10/h2-5,8,17H,6H2,1H3,(H,15,18). The molecule has 0 saturated heterocycles. The molecule has 1 unspecified atom stereocenters. The number of amides is 1. The van der Waals surface area contributed by atoms with E-state index in [9.17, 15) is 9.90 Å². The lowest BCUT2D eigenvalue weighted by Gasteiger charge is -2.14. The first kappa shape index (κ1) is 14.0. The lowest BCUT2D eigenvalue weighted by Crippen LogP contribution is -2.31. The Kier molecular flexibility index (Phi) is 4.19. The van der Waals surface area contributed by atoms with Crippen molar-refractivity contribution in [1.29, 1.82) is 0 Å². The van der Waals surface area contributed by atoms with Gasteiger partial charge in [0, 0.05) is 7.05 Å². The largest absolute Gasteiger partial charge is 0.467 e. The molecular weight excluding hydrogens is 291 g/mol. The molecular formula is C12H12Cl2N2O3. The Bertz CT molecular complexity index is 578. The molecule has 2 heterocycles. The summed E-state index contributed by atoms with van der Waals surface area (Å²) in [5, 5.41) is 12.5. The van der Waals surface area contributed by atoms with Crippen LogP contribution in [0.1, 0.15) is 22.3 Å². The molecule has 2 aromatic heterocycles. The van der Waals surface area contributed by atoms with Gasteiger partial charge >= 0.3 is 0 Å². The summed E-state index contributed by atoms with van der Waals surface area (Å²) in [6.45, 7) is -0.273. The monoisotopic (exact) mass is 302 g/mol. The van der Waals surface area contributed by atoms with Crippen LogP contribution in [-0.2, 0) is 7.05 Å². The molecule has 2 N–H and O–H groups in total. The Balaban J connectivity index is 2.18. The number of furan rings is 1. The zero-order valence-corrected chi connectivity index (χ0v) is 11.6. The van der Waals surface area contributed by atoms with E-state index in [4.69, 9.17) is 27.6 Å². The Morgan fingerprint density at radius 1 is 1.58 bits per heavy atom. The smallest absolute Gasteiger partial charge is 0.268 e. The van der Waals surface area contributed by atoms with Crippen LogP contribution >= 0.6 is 23.2 Å². The molecule has 19 heavy (non-hydrogen) atoms. The van der Waals surface area contributed by atoms with Gasteiger partial charge in [-0.1, -0.05) is 23.2 Å². The molecule has 0 bridgehead atoms. The molecule has 0 fully saturated rings. The number of aliphatic hydroxyl groups is 1. The highest BCUT2D eigenvalue weighted by molar-refractivity contribution is 6.41. The van der Waals surface area contributed by atoms with Crippen molar-refractivity contribution in [2.75, 3.05) is 6.61 Å². The topological polar surface area (TPSA) is 67.4 Å². The number of rotatable bonds is 4. The Morgan fingerprint density at radius 2 is 2.32 bits per heavy atom. The number of hydrogen-bond donors (Lipinski definition) is 2. The van der Waals surface area contributed by atoms with Crippen molar-refractivity contribution in [2.45, 2.75) is 6.04 Å². The van der Waals surface area contributed by atoms with Crippen molar-refractivity contribution in [3.8, 4) is 0 Å². The predicted octanol–water partition coefficient (Wildman–Crippen LogP) is 2.39. The van der Waals surface area contributed by atoms with Crippen LogP contribution in [-0.4, -0.2) is 22.2 Å². The maximum absolute atomic E-state index is 12.1. The fourth-order valence-corrected chi connectivity index (χ4v) is 2.06. The van der Waals surface area contributed by atoms with Crippen LogP contribution in [0.5, 0.6) is 0 Å². The minimum absolute atomic E-state index is 0.273. The molecule has 7 heteroatoms. The molecule has 0 saturated carbocycles. The highest BCUT2D eigenvalue weighted by atomic mass is 35.5. The second-order valence-electron chi connectivity index (χ2n) is 3.95. The molecule has 0 spiro atoms. The van der Waals surface area contributed by atoms with E-state index in [2.05, 4.69) is 5.32 Å². The fourth-order valence-electron chi connectivity index (χ4n) is 1.69. The Hall–Kier alpha value is -1.43. The molecule has 5 nitrogen and oxygen atoms in total. The Labute approximate surface area is 119 Å². The van der Waals surface area contributed by atoms with Crippen molar-refractivity contribution in [3.05, 3.63) is 46.1 Å². The highest BCUT2D eigenvalue weighted by Gasteiger charge is 2.21. The maximum atomic E-state index is 12.1. The van der Waals surface area contributed by atoms with E-state index < -0.39 is 11.9 Å². The molecule has 0 radical (unpaired) electrons. The van der Waals surface area contributed by atoms with Gasteiger partial charge in [0.1, 0.15) is 22.6 Å².